The van der Waals surface area contributed by atoms with Crippen LogP contribution in [0.3, 0.4) is 0 Å². The van der Waals surface area contributed by atoms with E-state index in [0.717, 1.165) is 16.9 Å². The Labute approximate surface area is 134 Å². The second-order valence-corrected chi connectivity index (χ2v) is 5.62. The van der Waals surface area contributed by atoms with Crippen LogP contribution < -0.4 is 5.32 Å². The number of halogens is 1. The molecule has 1 unspecified atom stereocenters. The molecule has 4 nitrogen and oxygen atoms in total. The van der Waals surface area contributed by atoms with Gasteiger partial charge in [-0.05, 0) is 36.2 Å². The average Bonchev–Trinajstić information content (AvgIpc) is 2.98. The van der Waals surface area contributed by atoms with Crippen LogP contribution in [0.25, 0.3) is 5.52 Å². The summed E-state index contributed by atoms with van der Waals surface area (Å²) >= 11 is 0. The summed E-state index contributed by atoms with van der Waals surface area (Å²) in [6.45, 7) is 2.24. The van der Waals surface area contributed by atoms with Gasteiger partial charge in [0.05, 0.1) is 18.3 Å². The Morgan fingerprint density at radius 3 is 2.83 bits per heavy atom. The third-order valence-electron chi connectivity index (χ3n) is 3.84. The highest BCUT2D eigenvalue weighted by molar-refractivity contribution is 5.78. The maximum atomic E-state index is 12.9. The molecular formula is C18H18FN3O. The van der Waals surface area contributed by atoms with E-state index in [-0.39, 0.29) is 17.6 Å². The molecule has 0 fully saturated rings. The number of hydrogen-bond acceptors (Lipinski definition) is 2. The first kappa shape index (κ1) is 15.2. The fourth-order valence-electron chi connectivity index (χ4n) is 2.54. The van der Waals surface area contributed by atoms with Gasteiger partial charge < -0.3 is 9.72 Å². The Balaban J connectivity index is 1.59. The number of nitrogens with zero attached hydrogens (tertiary/aromatic N) is 2. The summed E-state index contributed by atoms with van der Waals surface area (Å²) in [5, 5.41) is 2.91. The lowest BCUT2D eigenvalue weighted by molar-refractivity contribution is -0.124. The van der Waals surface area contributed by atoms with Gasteiger partial charge in [-0.3, -0.25) is 4.79 Å². The molecule has 0 saturated heterocycles. The highest BCUT2D eigenvalue weighted by Gasteiger charge is 2.14. The van der Waals surface area contributed by atoms with Crippen LogP contribution in [0.2, 0.25) is 0 Å². The predicted octanol–water partition coefficient (Wildman–Crippen LogP) is 2.97. The molecule has 0 spiro atoms. The normalized spacial score (nSPS) is 12.3. The molecule has 2 aromatic heterocycles. The summed E-state index contributed by atoms with van der Waals surface area (Å²) in [6, 6.07) is 12.1. The monoisotopic (exact) mass is 311 g/mol. The van der Waals surface area contributed by atoms with Gasteiger partial charge in [-0.25, -0.2) is 9.37 Å². The first-order chi connectivity index (χ1) is 11.1. The molecule has 5 heteroatoms. The summed E-state index contributed by atoms with van der Waals surface area (Å²) < 4.78 is 14.8. The van der Waals surface area contributed by atoms with Crippen molar-refractivity contribution in [2.24, 2.45) is 5.92 Å². The third kappa shape index (κ3) is 3.56. The summed E-state index contributed by atoms with van der Waals surface area (Å²) in [5.41, 5.74) is 1.94. The van der Waals surface area contributed by atoms with Crippen LogP contribution in [-0.4, -0.2) is 15.3 Å². The predicted molar refractivity (Wildman–Crippen MR) is 86.3 cm³/mol. The van der Waals surface area contributed by atoms with E-state index in [1.165, 1.54) is 12.1 Å². The van der Waals surface area contributed by atoms with Gasteiger partial charge in [0, 0.05) is 12.1 Å². The van der Waals surface area contributed by atoms with E-state index in [4.69, 9.17) is 0 Å². The van der Waals surface area contributed by atoms with Crippen LogP contribution in [0.1, 0.15) is 18.3 Å². The minimum Gasteiger partial charge on any atom is -0.349 e. The Morgan fingerprint density at radius 2 is 2.04 bits per heavy atom. The lowest BCUT2D eigenvalue weighted by Gasteiger charge is -2.12. The van der Waals surface area contributed by atoms with Gasteiger partial charge >= 0.3 is 0 Å². The molecule has 0 aliphatic heterocycles. The number of pyridine rings is 1. The maximum absolute atomic E-state index is 12.9. The zero-order chi connectivity index (χ0) is 16.2. The number of rotatable bonds is 5. The van der Waals surface area contributed by atoms with Crippen LogP contribution in [0.5, 0.6) is 0 Å². The summed E-state index contributed by atoms with van der Waals surface area (Å²) in [4.78, 5) is 16.6. The molecule has 3 rings (SSSR count). The van der Waals surface area contributed by atoms with Crippen molar-refractivity contribution in [3.8, 4) is 0 Å². The van der Waals surface area contributed by atoms with Crippen molar-refractivity contribution in [3.05, 3.63) is 72.1 Å². The van der Waals surface area contributed by atoms with Crippen LogP contribution in [-0.2, 0) is 17.8 Å². The highest BCUT2D eigenvalue weighted by Crippen LogP contribution is 2.11. The molecule has 0 radical (unpaired) electrons. The molecule has 0 saturated carbocycles. The van der Waals surface area contributed by atoms with Crippen LogP contribution in [0, 0.1) is 11.7 Å². The van der Waals surface area contributed by atoms with E-state index in [9.17, 15) is 9.18 Å². The van der Waals surface area contributed by atoms with Gasteiger partial charge in [0.15, 0.2) is 0 Å². The Morgan fingerprint density at radius 1 is 1.26 bits per heavy atom. The zero-order valence-electron chi connectivity index (χ0n) is 12.9. The highest BCUT2D eigenvalue weighted by atomic mass is 19.1. The molecular weight excluding hydrogens is 293 g/mol. The first-order valence-electron chi connectivity index (χ1n) is 7.56. The van der Waals surface area contributed by atoms with E-state index < -0.39 is 0 Å². The maximum Gasteiger partial charge on any atom is 0.223 e. The van der Waals surface area contributed by atoms with Crippen molar-refractivity contribution >= 4 is 11.4 Å². The van der Waals surface area contributed by atoms with Gasteiger partial charge in [-0.2, -0.15) is 0 Å². The van der Waals surface area contributed by atoms with E-state index in [1.54, 1.807) is 18.3 Å². The fraction of sp³-hybridized carbons (Fsp3) is 0.222. The SMILES string of the molecule is CC(Cc1ccc(F)cc1)C(=O)NCc1ncc2ccccn12. The number of aromatic nitrogens is 2. The van der Waals surface area contributed by atoms with Crippen LogP contribution >= 0.6 is 0 Å². The van der Waals surface area contributed by atoms with Crippen LogP contribution in [0.15, 0.2) is 54.9 Å². The molecule has 1 N–H and O–H groups in total. The molecule has 1 aromatic carbocycles. The largest absolute Gasteiger partial charge is 0.349 e. The van der Waals surface area contributed by atoms with Gasteiger partial charge in [0.2, 0.25) is 5.91 Å². The first-order valence-corrected chi connectivity index (χ1v) is 7.56. The number of hydrogen-bond donors (Lipinski definition) is 1. The average molecular weight is 311 g/mol. The number of carbonyl (C=O) groups excluding carboxylic acids is 1. The Kier molecular flexibility index (Phi) is 4.37. The summed E-state index contributed by atoms with van der Waals surface area (Å²) in [6.07, 6.45) is 4.28. The smallest absolute Gasteiger partial charge is 0.223 e. The van der Waals surface area contributed by atoms with Gasteiger partial charge in [0.25, 0.3) is 0 Å². The topological polar surface area (TPSA) is 46.4 Å². The zero-order valence-corrected chi connectivity index (χ0v) is 12.9. The van der Waals surface area contributed by atoms with Crippen molar-refractivity contribution in [2.45, 2.75) is 19.9 Å². The van der Waals surface area contributed by atoms with Crippen molar-refractivity contribution < 1.29 is 9.18 Å². The molecule has 2 heterocycles. The standard InChI is InChI=1S/C18H18FN3O/c1-13(10-14-5-7-15(19)8-6-14)18(23)21-12-17-20-11-16-4-2-3-9-22(16)17/h2-9,11,13H,10,12H2,1H3,(H,21,23). The molecule has 0 aliphatic rings. The number of imidazole rings is 1. The quantitative estimate of drug-likeness (QED) is 0.787. The minimum absolute atomic E-state index is 0.0398. The lowest BCUT2D eigenvalue weighted by atomic mass is 10.0. The number of nitrogens with one attached hydrogen (secondary N) is 1. The number of fused-ring (bicyclic) bond motifs is 1. The molecule has 118 valence electrons. The van der Waals surface area contributed by atoms with Gasteiger partial charge in [0.1, 0.15) is 11.6 Å². The Hall–Kier alpha value is -2.69. The van der Waals surface area contributed by atoms with E-state index in [1.807, 2.05) is 35.7 Å². The van der Waals surface area contributed by atoms with Crippen molar-refractivity contribution in [3.63, 3.8) is 0 Å². The molecule has 0 bridgehead atoms. The second-order valence-electron chi connectivity index (χ2n) is 5.62. The second kappa shape index (κ2) is 6.60. The summed E-state index contributed by atoms with van der Waals surface area (Å²) in [5.74, 6) is 0.300. The lowest BCUT2D eigenvalue weighted by Crippen LogP contribution is -2.30. The number of benzene rings is 1. The van der Waals surface area contributed by atoms with Gasteiger partial charge in [-0.1, -0.05) is 25.1 Å². The van der Waals surface area contributed by atoms with Crippen molar-refractivity contribution in [2.75, 3.05) is 0 Å². The van der Waals surface area contributed by atoms with Crippen molar-refractivity contribution in [1.29, 1.82) is 0 Å². The van der Waals surface area contributed by atoms with E-state index in [2.05, 4.69) is 10.3 Å². The number of carbonyl (C=O) groups is 1. The van der Waals surface area contributed by atoms with E-state index >= 15 is 0 Å². The van der Waals surface area contributed by atoms with E-state index in [0.29, 0.717) is 13.0 Å². The Bertz CT molecular complexity index is 811. The molecule has 3 aromatic rings. The molecule has 23 heavy (non-hydrogen) atoms. The fourth-order valence-corrected chi connectivity index (χ4v) is 2.54. The molecule has 0 aliphatic carbocycles. The molecule has 1 amide bonds. The third-order valence-corrected chi connectivity index (χ3v) is 3.84. The van der Waals surface area contributed by atoms with Gasteiger partial charge in [-0.15, -0.1) is 0 Å². The minimum atomic E-state index is -0.267. The number of amides is 1. The van der Waals surface area contributed by atoms with Crippen LogP contribution in [0.4, 0.5) is 4.39 Å². The summed E-state index contributed by atoms with van der Waals surface area (Å²) in [7, 11) is 0. The molecule has 1 atom stereocenters. The van der Waals surface area contributed by atoms with Crippen molar-refractivity contribution in [1.82, 2.24) is 14.7 Å².